The van der Waals surface area contributed by atoms with Crippen LogP contribution in [0.25, 0.3) is 10.8 Å². The molecular formula is C28H25N3O4S. The standard InChI is InChI=1S/C28H25N3O4S/c1-18(2)19-7-14-23(15-8-19)36(34,35)30-21-10-12-22(13-11-21)31-25-16-9-20-5-3-4-6-24(20)28(25)29-26(32)17-27(31)33/h3-16,18,30H,17H2,1-2H3,(H,29,32). The number of fused-ring (bicyclic) bond motifs is 3. The van der Waals surface area contributed by atoms with E-state index in [0.717, 1.165) is 16.3 Å². The minimum Gasteiger partial charge on any atom is -0.323 e. The molecule has 1 aliphatic heterocycles. The van der Waals surface area contributed by atoms with Crippen LogP contribution in [0.4, 0.5) is 22.7 Å². The van der Waals surface area contributed by atoms with Gasteiger partial charge in [0.25, 0.3) is 10.0 Å². The third-order valence-electron chi connectivity index (χ3n) is 6.21. The van der Waals surface area contributed by atoms with Crippen molar-refractivity contribution in [1.29, 1.82) is 0 Å². The first kappa shape index (κ1) is 23.6. The summed E-state index contributed by atoms with van der Waals surface area (Å²) in [4.78, 5) is 27.2. The van der Waals surface area contributed by atoms with Gasteiger partial charge in [-0.1, -0.05) is 56.3 Å². The van der Waals surface area contributed by atoms with Crippen LogP contribution in [-0.4, -0.2) is 20.2 Å². The maximum Gasteiger partial charge on any atom is 0.261 e. The summed E-state index contributed by atoms with van der Waals surface area (Å²) < 4.78 is 28.3. The van der Waals surface area contributed by atoms with E-state index < -0.39 is 10.0 Å². The molecule has 0 bridgehead atoms. The number of carbonyl (C=O) groups is 2. The Morgan fingerprint density at radius 3 is 2.25 bits per heavy atom. The molecule has 2 amide bonds. The van der Waals surface area contributed by atoms with Crippen LogP contribution >= 0.6 is 0 Å². The van der Waals surface area contributed by atoms with Gasteiger partial charge in [0.1, 0.15) is 6.42 Å². The summed E-state index contributed by atoms with van der Waals surface area (Å²) in [5.41, 5.74) is 3.07. The minimum atomic E-state index is -3.78. The van der Waals surface area contributed by atoms with Crippen molar-refractivity contribution in [2.75, 3.05) is 14.9 Å². The molecule has 0 radical (unpaired) electrons. The fraction of sp³-hybridized carbons (Fsp3) is 0.143. The van der Waals surface area contributed by atoms with Crippen molar-refractivity contribution in [3.63, 3.8) is 0 Å². The van der Waals surface area contributed by atoms with Crippen LogP contribution in [0.15, 0.2) is 89.8 Å². The van der Waals surface area contributed by atoms with Gasteiger partial charge < -0.3 is 5.32 Å². The number of benzene rings is 4. The Kier molecular flexibility index (Phi) is 5.97. The number of anilines is 4. The third-order valence-corrected chi connectivity index (χ3v) is 7.61. The normalized spacial score (nSPS) is 13.9. The Bertz CT molecular complexity index is 1580. The molecule has 7 nitrogen and oxygen atoms in total. The maximum atomic E-state index is 13.1. The molecule has 1 heterocycles. The highest BCUT2D eigenvalue weighted by atomic mass is 32.2. The molecule has 182 valence electrons. The number of carbonyl (C=O) groups excluding carboxylic acids is 2. The number of rotatable bonds is 5. The van der Waals surface area contributed by atoms with Crippen molar-refractivity contribution in [2.24, 2.45) is 0 Å². The zero-order valence-corrected chi connectivity index (χ0v) is 20.7. The number of nitrogens with zero attached hydrogens (tertiary/aromatic N) is 1. The molecule has 0 saturated carbocycles. The van der Waals surface area contributed by atoms with Crippen molar-refractivity contribution in [1.82, 2.24) is 0 Å². The van der Waals surface area contributed by atoms with E-state index in [2.05, 4.69) is 10.0 Å². The molecule has 0 unspecified atom stereocenters. The Labute approximate surface area is 209 Å². The molecule has 0 spiro atoms. The first-order valence-electron chi connectivity index (χ1n) is 11.6. The molecule has 0 aliphatic carbocycles. The monoisotopic (exact) mass is 499 g/mol. The first-order valence-corrected chi connectivity index (χ1v) is 13.1. The molecular weight excluding hydrogens is 474 g/mol. The number of amides is 2. The van der Waals surface area contributed by atoms with Gasteiger partial charge in [-0.3, -0.25) is 19.2 Å². The second kappa shape index (κ2) is 9.13. The maximum absolute atomic E-state index is 13.1. The lowest BCUT2D eigenvalue weighted by Crippen LogP contribution is -2.26. The van der Waals surface area contributed by atoms with E-state index in [1.54, 1.807) is 42.5 Å². The van der Waals surface area contributed by atoms with Gasteiger partial charge >= 0.3 is 0 Å². The number of hydrogen-bond acceptors (Lipinski definition) is 4. The summed E-state index contributed by atoms with van der Waals surface area (Å²) >= 11 is 0. The molecule has 2 N–H and O–H groups in total. The number of sulfonamides is 1. The Morgan fingerprint density at radius 1 is 0.861 bits per heavy atom. The average molecular weight is 500 g/mol. The van der Waals surface area contributed by atoms with Crippen LogP contribution in [-0.2, 0) is 19.6 Å². The van der Waals surface area contributed by atoms with Crippen LogP contribution in [0, 0.1) is 0 Å². The van der Waals surface area contributed by atoms with Crippen molar-refractivity contribution < 1.29 is 18.0 Å². The average Bonchev–Trinajstić information content (AvgIpc) is 2.99. The molecule has 36 heavy (non-hydrogen) atoms. The van der Waals surface area contributed by atoms with Crippen LogP contribution in [0.2, 0.25) is 0 Å². The van der Waals surface area contributed by atoms with E-state index in [-0.39, 0.29) is 23.1 Å². The summed E-state index contributed by atoms with van der Waals surface area (Å²) in [5, 5.41) is 4.65. The van der Waals surface area contributed by atoms with Crippen LogP contribution in [0.1, 0.15) is 31.7 Å². The topological polar surface area (TPSA) is 95.6 Å². The highest BCUT2D eigenvalue weighted by Crippen LogP contribution is 2.40. The lowest BCUT2D eigenvalue weighted by Gasteiger charge is -2.23. The predicted molar refractivity (Wildman–Crippen MR) is 142 cm³/mol. The molecule has 8 heteroatoms. The largest absolute Gasteiger partial charge is 0.323 e. The summed E-state index contributed by atoms with van der Waals surface area (Å²) in [6.07, 6.45) is -0.302. The smallest absolute Gasteiger partial charge is 0.261 e. The molecule has 0 saturated heterocycles. The predicted octanol–water partition coefficient (Wildman–Crippen LogP) is 5.77. The second-order valence-electron chi connectivity index (χ2n) is 9.01. The fourth-order valence-electron chi connectivity index (χ4n) is 4.32. The minimum absolute atomic E-state index is 0.170. The lowest BCUT2D eigenvalue weighted by molar-refractivity contribution is -0.124. The van der Waals surface area contributed by atoms with Crippen LogP contribution in [0.5, 0.6) is 0 Å². The van der Waals surface area contributed by atoms with Gasteiger partial charge in [0, 0.05) is 16.8 Å². The van der Waals surface area contributed by atoms with Crippen molar-refractivity contribution in [3.8, 4) is 0 Å². The Balaban J connectivity index is 1.46. The van der Waals surface area contributed by atoms with Crippen LogP contribution < -0.4 is 14.9 Å². The molecule has 0 aromatic heterocycles. The summed E-state index contributed by atoms with van der Waals surface area (Å²) in [6, 6.07) is 24.7. The van der Waals surface area contributed by atoms with Crippen LogP contribution in [0.3, 0.4) is 0 Å². The SMILES string of the molecule is CC(C)c1ccc(S(=O)(=O)Nc2ccc(N3C(=O)CC(=O)Nc4c3ccc3ccccc43)cc2)cc1. The van der Waals surface area contributed by atoms with Crippen molar-refractivity contribution >= 4 is 55.4 Å². The second-order valence-corrected chi connectivity index (χ2v) is 10.7. The molecule has 0 fully saturated rings. The van der Waals surface area contributed by atoms with E-state index in [4.69, 9.17) is 0 Å². The molecule has 0 atom stereocenters. The summed E-state index contributed by atoms with van der Waals surface area (Å²) in [7, 11) is -3.78. The van der Waals surface area contributed by atoms with Gasteiger partial charge in [-0.05, 0) is 59.3 Å². The lowest BCUT2D eigenvalue weighted by atomic mass is 10.0. The van der Waals surface area contributed by atoms with Gasteiger partial charge in [0.15, 0.2) is 0 Å². The third kappa shape index (κ3) is 4.43. The van der Waals surface area contributed by atoms with E-state index in [1.807, 2.05) is 56.3 Å². The van der Waals surface area contributed by atoms with Gasteiger partial charge in [-0.2, -0.15) is 0 Å². The summed E-state index contributed by atoms with van der Waals surface area (Å²) in [6.45, 7) is 4.09. The van der Waals surface area contributed by atoms with Gasteiger partial charge in [-0.25, -0.2) is 8.42 Å². The van der Waals surface area contributed by atoms with E-state index in [1.165, 1.54) is 4.90 Å². The molecule has 4 aromatic rings. The Morgan fingerprint density at radius 2 is 1.56 bits per heavy atom. The fourth-order valence-corrected chi connectivity index (χ4v) is 5.38. The quantitative estimate of drug-likeness (QED) is 0.341. The Hall–Kier alpha value is -4.17. The zero-order chi connectivity index (χ0) is 25.4. The zero-order valence-electron chi connectivity index (χ0n) is 19.9. The van der Waals surface area contributed by atoms with Crippen molar-refractivity contribution in [3.05, 3.63) is 90.5 Å². The molecule has 4 aromatic carbocycles. The van der Waals surface area contributed by atoms with Gasteiger partial charge in [0.05, 0.1) is 16.3 Å². The van der Waals surface area contributed by atoms with E-state index >= 15 is 0 Å². The summed E-state index contributed by atoms with van der Waals surface area (Å²) in [5.74, 6) is -0.453. The molecule has 1 aliphatic rings. The van der Waals surface area contributed by atoms with Crippen molar-refractivity contribution in [2.45, 2.75) is 31.1 Å². The number of hydrogen-bond donors (Lipinski definition) is 2. The van der Waals surface area contributed by atoms with Gasteiger partial charge in [-0.15, -0.1) is 0 Å². The highest BCUT2D eigenvalue weighted by molar-refractivity contribution is 7.92. The molecule has 5 rings (SSSR count). The highest BCUT2D eigenvalue weighted by Gasteiger charge is 2.28. The van der Waals surface area contributed by atoms with E-state index in [9.17, 15) is 18.0 Å². The first-order chi connectivity index (χ1) is 17.2. The van der Waals surface area contributed by atoms with Gasteiger partial charge in [0.2, 0.25) is 11.8 Å². The van der Waals surface area contributed by atoms with E-state index in [0.29, 0.717) is 28.7 Å². The number of nitrogens with one attached hydrogen (secondary N) is 2.